The molecule has 4 rings (SSSR count). The molecule has 3 heterocycles. The van der Waals surface area contributed by atoms with E-state index in [0.29, 0.717) is 19.1 Å². The molecule has 0 aromatic carbocycles. The molecule has 0 unspecified atom stereocenters. The predicted molar refractivity (Wildman–Crippen MR) is 129 cm³/mol. The van der Waals surface area contributed by atoms with Crippen LogP contribution in [0.5, 0.6) is 0 Å². The quantitative estimate of drug-likeness (QED) is 0.401. The van der Waals surface area contributed by atoms with Gasteiger partial charge < -0.3 is 29.0 Å². The Hall–Kier alpha value is -1.19. The second-order valence-electron chi connectivity index (χ2n) is 12.0. The number of allylic oxidation sites excluding steroid dienone is 1. The lowest BCUT2D eigenvalue weighted by molar-refractivity contribution is -0.175. The van der Waals surface area contributed by atoms with Gasteiger partial charge in [-0.3, -0.25) is 4.90 Å². The van der Waals surface area contributed by atoms with Crippen LogP contribution >= 0.6 is 0 Å². The van der Waals surface area contributed by atoms with Gasteiger partial charge >= 0.3 is 6.09 Å². The van der Waals surface area contributed by atoms with E-state index in [1.165, 1.54) is 5.57 Å². The minimum absolute atomic E-state index is 0.0278. The first kappa shape index (κ1) is 25.9. The summed E-state index contributed by atoms with van der Waals surface area (Å²) in [5.41, 5.74) is -0.0454. The molecule has 4 atom stereocenters. The van der Waals surface area contributed by atoms with Gasteiger partial charge in [-0.2, -0.15) is 0 Å². The molecule has 8 heteroatoms. The van der Waals surface area contributed by atoms with Crippen LogP contribution in [0.1, 0.15) is 53.9 Å². The van der Waals surface area contributed by atoms with E-state index in [4.69, 9.17) is 18.9 Å². The van der Waals surface area contributed by atoms with E-state index in [1.807, 2.05) is 6.92 Å². The smallest absolute Gasteiger partial charge is 0.410 e. The zero-order valence-electron chi connectivity index (χ0n) is 21.8. The molecular formula is C26H44N2O6. The zero-order valence-corrected chi connectivity index (χ0v) is 21.8. The summed E-state index contributed by atoms with van der Waals surface area (Å²) in [7, 11) is 1.69. The Balaban J connectivity index is 1.29. The van der Waals surface area contributed by atoms with Crippen molar-refractivity contribution in [2.45, 2.75) is 82.9 Å². The third-order valence-corrected chi connectivity index (χ3v) is 8.05. The van der Waals surface area contributed by atoms with Gasteiger partial charge in [-0.15, -0.1) is 0 Å². The van der Waals surface area contributed by atoms with E-state index in [9.17, 15) is 9.90 Å². The summed E-state index contributed by atoms with van der Waals surface area (Å²) >= 11 is 0. The second-order valence-corrected chi connectivity index (χ2v) is 12.0. The van der Waals surface area contributed by atoms with E-state index < -0.39 is 11.2 Å². The van der Waals surface area contributed by atoms with Crippen molar-refractivity contribution in [1.29, 1.82) is 0 Å². The average Bonchev–Trinajstić information content (AvgIpc) is 3.45. The number of epoxide rings is 1. The number of aliphatic hydroxyl groups is 1. The summed E-state index contributed by atoms with van der Waals surface area (Å²) in [6.45, 7) is 15.4. The number of carbonyl (C=O) groups excluding carboxylic acids is 1. The molecular weight excluding hydrogens is 436 g/mol. The van der Waals surface area contributed by atoms with Gasteiger partial charge in [-0.25, -0.2) is 4.79 Å². The largest absolute Gasteiger partial charge is 0.443 e. The number of carbonyl (C=O) groups is 1. The standard InChI is InChI=1S/C26H44N2O6/c1-18(2)9-12-32-24(3,4)22-21(31-6)20(7-10-26(22)17-33-26)34-23(29)28-13-19(14-28)8-11-27-15-25(5,30)16-27/h9,19-22,30H,7-8,10-17H2,1-6H3/t20-,21-,22-,26+/m1/s1. The van der Waals surface area contributed by atoms with Crippen LogP contribution in [0.2, 0.25) is 0 Å². The van der Waals surface area contributed by atoms with Crippen molar-refractivity contribution in [3.05, 3.63) is 11.6 Å². The number of methoxy groups -OCH3 is 1. The van der Waals surface area contributed by atoms with Gasteiger partial charge in [0.05, 0.1) is 30.0 Å². The van der Waals surface area contributed by atoms with Crippen molar-refractivity contribution < 1.29 is 28.8 Å². The Morgan fingerprint density at radius 1 is 1.26 bits per heavy atom. The van der Waals surface area contributed by atoms with Gasteiger partial charge in [0.1, 0.15) is 12.2 Å². The van der Waals surface area contributed by atoms with Gasteiger partial charge in [-0.1, -0.05) is 11.6 Å². The summed E-state index contributed by atoms with van der Waals surface area (Å²) in [6, 6.07) is 0. The van der Waals surface area contributed by atoms with Crippen molar-refractivity contribution in [2.75, 3.05) is 53.0 Å². The van der Waals surface area contributed by atoms with Crippen LogP contribution in [0.4, 0.5) is 4.79 Å². The van der Waals surface area contributed by atoms with E-state index in [0.717, 1.165) is 52.0 Å². The molecule has 4 aliphatic rings. The monoisotopic (exact) mass is 480 g/mol. The van der Waals surface area contributed by atoms with Crippen LogP contribution in [0.25, 0.3) is 0 Å². The number of likely N-dealkylation sites (tertiary alicyclic amines) is 2. The molecule has 0 radical (unpaired) electrons. The van der Waals surface area contributed by atoms with E-state index in [1.54, 1.807) is 12.0 Å². The lowest BCUT2D eigenvalue weighted by atomic mass is 9.68. The van der Waals surface area contributed by atoms with Gasteiger partial charge in [0.25, 0.3) is 0 Å². The molecule has 3 aliphatic heterocycles. The molecule has 1 saturated carbocycles. The van der Waals surface area contributed by atoms with E-state index in [-0.39, 0.29) is 29.8 Å². The summed E-state index contributed by atoms with van der Waals surface area (Å²) in [5, 5.41) is 9.86. The fourth-order valence-electron chi connectivity index (χ4n) is 6.14. The molecule has 1 aliphatic carbocycles. The molecule has 3 saturated heterocycles. The number of rotatable bonds is 9. The first-order valence-corrected chi connectivity index (χ1v) is 12.8. The normalized spacial score (nSPS) is 33.3. The summed E-state index contributed by atoms with van der Waals surface area (Å²) in [5.74, 6) is 0.473. The number of hydrogen-bond acceptors (Lipinski definition) is 7. The average molecular weight is 481 g/mol. The van der Waals surface area contributed by atoms with E-state index in [2.05, 4.69) is 38.7 Å². The number of amides is 1. The zero-order chi connectivity index (χ0) is 24.7. The molecule has 4 fully saturated rings. The Morgan fingerprint density at radius 3 is 2.50 bits per heavy atom. The lowest BCUT2D eigenvalue weighted by Crippen LogP contribution is -2.61. The first-order chi connectivity index (χ1) is 15.9. The minimum Gasteiger partial charge on any atom is -0.443 e. The highest BCUT2D eigenvalue weighted by Gasteiger charge is 2.64. The molecule has 0 aromatic rings. The highest BCUT2D eigenvalue weighted by atomic mass is 16.6. The number of ether oxygens (including phenoxy) is 4. The maximum Gasteiger partial charge on any atom is 0.410 e. The molecule has 0 aromatic heterocycles. The number of β-amino-alcohol motifs (C(OH)–C–C–N with tert-alkyl or cyclic N) is 1. The highest BCUT2D eigenvalue weighted by Crippen LogP contribution is 2.52. The first-order valence-electron chi connectivity index (χ1n) is 12.8. The van der Waals surface area contributed by atoms with Gasteiger partial charge in [-0.05, 0) is 66.3 Å². The molecule has 194 valence electrons. The van der Waals surface area contributed by atoms with Crippen LogP contribution in [0.3, 0.4) is 0 Å². The van der Waals surface area contributed by atoms with Crippen LogP contribution in [-0.2, 0) is 18.9 Å². The van der Waals surface area contributed by atoms with Crippen molar-refractivity contribution >= 4 is 6.09 Å². The Morgan fingerprint density at radius 2 is 1.94 bits per heavy atom. The lowest BCUT2D eigenvalue weighted by Gasteiger charge is -2.48. The maximum absolute atomic E-state index is 12.9. The topological polar surface area (TPSA) is 84.0 Å². The molecule has 1 N–H and O–H groups in total. The van der Waals surface area contributed by atoms with Gasteiger partial charge in [0.15, 0.2) is 0 Å². The maximum atomic E-state index is 12.9. The molecule has 34 heavy (non-hydrogen) atoms. The Labute approximate surface area is 204 Å². The van der Waals surface area contributed by atoms with Crippen molar-refractivity contribution in [1.82, 2.24) is 9.80 Å². The van der Waals surface area contributed by atoms with E-state index >= 15 is 0 Å². The fraction of sp³-hybridized carbons (Fsp3) is 0.885. The Bertz CT molecular complexity index is 759. The summed E-state index contributed by atoms with van der Waals surface area (Å²) in [4.78, 5) is 17.0. The summed E-state index contributed by atoms with van der Waals surface area (Å²) < 4.78 is 24.3. The second kappa shape index (κ2) is 9.69. The summed E-state index contributed by atoms with van der Waals surface area (Å²) in [6.07, 6.45) is 3.86. The van der Waals surface area contributed by atoms with Crippen LogP contribution in [0.15, 0.2) is 11.6 Å². The third kappa shape index (κ3) is 5.62. The van der Waals surface area contributed by atoms with Crippen molar-refractivity contribution in [3.63, 3.8) is 0 Å². The Kier molecular flexibility index (Phi) is 7.38. The molecule has 8 nitrogen and oxygen atoms in total. The third-order valence-electron chi connectivity index (χ3n) is 8.05. The minimum atomic E-state index is -0.527. The SMILES string of the molecule is CO[C@H]1[C@H](C(C)(C)OCC=C(C)C)[C@]2(CC[C@H]1OC(=O)N1CC(CCN3CC(C)(O)C3)C1)CO2. The molecule has 0 bridgehead atoms. The van der Waals surface area contributed by atoms with Gasteiger partial charge in [0, 0.05) is 39.2 Å². The van der Waals surface area contributed by atoms with Crippen molar-refractivity contribution in [3.8, 4) is 0 Å². The molecule has 1 spiro atoms. The van der Waals surface area contributed by atoms with Crippen LogP contribution in [0, 0.1) is 11.8 Å². The highest BCUT2D eigenvalue weighted by molar-refractivity contribution is 5.69. The number of hydrogen-bond donors (Lipinski definition) is 1. The molecule has 1 amide bonds. The van der Waals surface area contributed by atoms with Crippen LogP contribution in [-0.4, -0.2) is 103 Å². The van der Waals surface area contributed by atoms with Gasteiger partial charge in [0.2, 0.25) is 0 Å². The predicted octanol–water partition coefficient (Wildman–Crippen LogP) is 2.84. The van der Waals surface area contributed by atoms with Crippen molar-refractivity contribution in [2.24, 2.45) is 11.8 Å². The number of nitrogens with zero attached hydrogens (tertiary/aromatic N) is 2. The fourth-order valence-corrected chi connectivity index (χ4v) is 6.14. The van der Waals surface area contributed by atoms with Crippen LogP contribution < -0.4 is 0 Å².